The molecule has 0 radical (unpaired) electrons. The van der Waals surface area contributed by atoms with E-state index in [0.29, 0.717) is 42.5 Å². The van der Waals surface area contributed by atoms with Gasteiger partial charge >= 0.3 is 0 Å². The summed E-state index contributed by atoms with van der Waals surface area (Å²) in [7, 11) is 3.90. The molecule has 4 aromatic rings. The van der Waals surface area contributed by atoms with Gasteiger partial charge in [-0.15, -0.1) is 0 Å². The maximum atomic E-state index is 12.3. The average Bonchev–Trinajstić information content (AvgIpc) is 2.97. The van der Waals surface area contributed by atoms with Crippen molar-refractivity contribution in [2.45, 2.75) is 6.10 Å². The first kappa shape index (κ1) is 27.2. The van der Waals surface area contributed by atoms with E-state index in [-0.39, 0.29) is 18.6 Å². The first-order valence-electron chi connectivity index (χ1n) is 13.2. The molecule has 1 aliphatic rings. The molecular weight excluding hydrogens is 506 g/mol. The van der Waals surface area contributed by atoms with E-state index in [9.17, 15) is 9.90 Å². The molecule has 10 nitrogen and oxygen atoms in total. The summed E-state index contributed by atoms with van der Waals surface area (Å²) in [5, 5.41) is 16.5. The van der Waals surface area contributed by atoms with Crippen LogP contribution in [-0.4, -0.2) is 83.9 Å². The van der Waals surface area contributed by atoms with Crippen LogP contribution >= 0.6 is 0 Å². The number of nitrogens with zero attached hydrogens (tertiary/aromatic N) is 5. The van der Waals surface area contributed by atoms with Crippen molar-refractivity contribution in [2.24, 2.45) is 0 Å². The number of rotatable bonds is 9. The molecule has 3 heterocycles. The molecule has 1 fully saturated rings. The van der Waals surface area contributed by atoms with Crippen LogP contribution < -0.4 is 15.5 Å². The summed E-state index contributed by atoms with van der Waals surface area (Å²) in [5.74, 6) is 0.267. The Hall–Kier alpha value is -4.38. The Bertz CT molecular complexity index is 1490. The molecular formula is C30H33N7O3. The van der Waals surface area contributed by atoms with Crippen LogP contribution in [0.3, 0.4) is 0 Å². The van der Waals surface area contributed by atoms with Crippen molar-refractivity contribution in [3.8, 4) is 11.3 Å². The van der Waals surface area contributed by atoms with E-state index in [1.54, 1.807) is 12.4 Å². The third-order valence-corrected chi connectivity index (χ3v) is 6.47. The smallest absolute Gasteiger partial charge is 0.248 e. The molecule has 206 valence electrons. The van der Waals surface area contributed by atoms with Gasteiger partial charge in [0.25, 0.3) is 0 Å². The van der Waals surface area contributed by atoms with Crippen molar-refractivity contribution in [1.82, 2.24) is 19.9 Å². The molecule has 0 bridgehead atoms. The number of nitrogens with one attached hydrogen (secondary N) is 2. The zero-order valence-corrected chi connectivity index (χ0v) is 22.6. The zero-order chi connectivity index (χ0) is 27.9. The summed E-state index contributed by atoms with van der Waals surface area (Å²) in [6.45, 7) is 2.73. The van der Waals surface area contributed by atoms with Crippen LogP contribution in [0.2, 0.25) is 0 Å². The third-order valence-electron chi connectivity index (χ3n) is 6.47. The summed E-state index contributed by atoms with van der Waals surface area (Å²) in [6.07, 6.45) is 6.69. The summed E-state index contributed by atoms with van der Waals surface area (Å²) in [4.78, 5) is 30.4. The van der Waals surface area contributed by atoms with Crippen molar-refractivity contribution in [2.75, 3.05) is 62.5 Å². The Labute approximate surface area is 233 Å². The molecule has 2 aromatic carbocycles. The van der Waals surface area contributed by atoms with Gasteiger partial charge in [0.15, 0.2) is 0 Å². The highest BCUT2D eigenvalue weighted by atomic mass is 16.5. The van der Waals surface area contributed by atoms with E-state index in [1.807, 2.05) is 79.7 Å². The molecule has 3 N–H and O–H groups in total. The molecule has 0 aliphatic carbocycles. The quantitative estimate of drug-likeness (QED) is 0.274. The van der Waals surface area contributed by atoms with Gasteiger partial charge in [0.2, 0.25) is 11.9 Å². The topological polar surface area (TPSA) is 116 Å². The van der Waals surface area contributed by atoms with Crippen LogP contribution in [0.25, 0.3) is 22.2 Å². The Morgan fingerprint density at radius 1 is 1.15 bits per heavy atom. The Morgan fingerprint density at radius 2 is 2.00 bits per heavy atom. The number of likely N-dealkylation sites (N-methyl/N-ethyl adjacent to an activating group) is 1. The summed E-state index contributed by atoms with van der Waals surface area (Å²) in [6, 6.07) is 17.5. The highest BCUT2D eigenvalue weighted by Gasteiger charge is 2.20. The van der Waals surface area contributed by atoms with Gasteiger partial charge in [-0.3, -0.25) is 9.78 Å². The van der Waals surface area contributed by atoms with E-state index < -0.39 is 0 Å². The Morgan fingerprint density at radius 3 is 2.80 bits per heavy atom. The normalized spacial score (nSPS) is 15.6. The van der Waals surface area contributed by atoms with Gasteiger partial charge in [0, 0.05) is 66.1 Å². The van der Waals surface area contributed by atoms with Gasteiger partial charge < -0.3 is 30.3 Å². The van der Waals surface area contributed by atoms with Gasteiger partial charge in [0.05, 0.1) is 25.0 Å². The number of aliphatic hydroxyl groups excluding tert-OH is 1. The molecule has 0 spiro atoms. The first-order chi connectivity index (χ1) is 19.5. The maximum Gasteiger partial charge on any atom is 0.248 e. The number of benzene rings is 2. The van der Waals surface area contributed by atoms with Crippen LogP contribution in [-0.2, 0) is 9.53 Å². The number of aliphatic hydroxyl groups is 1. The van der Waals surface area contributed by atoms with Crippen molar-refractivity contribution in [3.63, 3.8) is 0 Å². The fraction of sp³-hybridized carbons (Fsp3) is 0.267. The number of aromatic nitrogens is 3. The van der Waals surface area contributed by atoms with Crippen LogP contribution in [0, 0.1) is 0 Å². The lowest BCUT2D eigenvalue weighted by molar-refractivity contribution is -0.111. The number of pyridine rings is 1. The predicted octanol–water partition coefficient (Wildman–Crippen LogP) is 3.69. The van der Waals surface area contributed by atoms with Gasteiger partial charge in [-0.25, -0.2) is 9.97 Å². The minimum absolute atomic E-state index is 0.0135. The molecule has 5 rings (SSSR count). The molecule has 1 saturated heterocycles. The first-order valence-corrected chi connectivity index (χ1v) is 13.2. The minimum Gasteiger partial charge on any atom is -0.394 e. The number of anilines is 4. The highest BCUT2D eigenvalue weighted by Crippen LogP contribution is 2.28. The largest absolute Gasteiger partial charge is 0.394 e. The minimum atomic E-state index is -0.188. The summed E-state index contributed by atoms with van der Waals surface area (Å²) >= 11 is 0. The van der Waals surface area contributed by atoms with E-state index >= 15 is 0 Å². The van der Waals surface area contributed by atoms with E-state index in [1.165, 1.54) is 6.08 Å². The average molecular weight is 540 g/mol. The summed E-state index contributed by atoms with van der Waals surface area (Å²) < 4.78 is 5.55. The van der Waals surface area contributed by atoms with Crippen molar-refractivity contribution < 1.29 is 14.6 Å². The third kappa shape index (κ3) is 6.78. The lowest BCUT2D eigenvalue weighted by atomic mass is 10.1. The second kappa shape index (κ2) is 12.6. The molecule has 0 saturated carbocycles. The number of amides is 1. The Balaban J connectivity index is 1.33. The number of morpholine rings is 1. The number of ether oxygens (including phenoxy) is 1. The number of hydrogen-bond acceptors (Lipinski definition) is 9. The molecule has 1 unspecified atom stereocenters. The predicted molar refractivity (Wildman–Crippen MR) is 158 cm³/mol. The molecule has 40 heavy (non-hydrogen) atoms. The van der Waals surface area contributed by atoms with E-state index in [0.717, 1.165) is 28.9 Å². The highest BCUT2D eigenvalue weighted by molar-refractivity contribution is 6.00. The fourth-order valence-electron chi connectivity index (χ4n) is 4.48. The zero-order valence-electron chi connectivity index (χ0n) is 22.6. The van der Waals surface area contributed by atoms with E-state index in [4.69, 9.17) is 9.72 Å². The van der Waals surface area contributed by atoms with Crippen molar-refractivity contribution in [3.05, 3.63) is 79.1 Å². The molecule has 1 atom stereocenters. The van der Waals surface area contributed by atoms with Crippen LogP contribution in [0.15, 0.2) is 79.1 Å². The van der Waals surface area contributed by atoms with Gasteiger partial charge in [-0.2, -0.15) is 0 Å². The van der Waals surface area contributed by atoms with Gasteiger partial charge in [-0.05, 0) is 56.6 Å². The SMILES string of the molecule is CN(C)C/C=C/C(=O)Nc1cccc(-c2nccc3cnc(Nc4ccc(N5CCOC(CO)C5)cc4)nc23)c1. The lowest BCUT2D eigenvalue weighted by Crippen LogP contribution is -2.44. The standard InChI is InChI=1S/C30H33N7O3/c1-36(2)14-4-7-27(39)33-24-6-3-5-21(17-24)28-29-22(12-13-31-28)18-32-30(35-29)34-23-8-10-25(11-9-23)37-15-16-40-26(19-37)20-38/h3-13,17-18,26,38H,14-16,19-20H2,1-2H3,(H,33,39)(H,32,34,35)/b7-4+. The fourth-order valence-corrected chi connectivity index (χ4v) is 4.48. The second-order valence-corrected chi connectivity index (χ2v) is 9.82. The number of fused-ring (bicyclic) bond motifs is 1. The lowest BCUT2D eigenvalue weighted by Gasteiger charge is -2.33. The molecule has 1 amide bonds. The molecule has 1 aliphatic heterocycles. The summed E-state index contributed by atoms with van der Waals surface area (Å²) in [5.41, 5.74) is 4.83. The van der Waals surface area contributed by atoms with Gasteiger partial charge in [0.1, 0.15) is 5.52 Å². The number of hydrogen-bond donors (Lipinski definition) is 3. The maximum absolute atomic E-state index is 12.3. The van der Waals surface area contributed by atoms with E-state index in [2.05, 4.69) is 25.5 Å². The second-order valence-electron chi connectivity index (χ2n) is 9.82. The molecule has 10 heteroatoms. The van der Waals surface area contributed by atoms with Crippen LogP contribution in [0.5, 0.6) is 0 Å². The van der Waals surface area contributed by atoms with Crippen molar-refractivity contribution >= 4 is 39.8 Å². The Kier molecular flexibility index (Phi) is 8.60. The van der Waals surface area contributed by atoms with Gasteiger partial charge in [-0.1, -0.05) is 18.2 Å². The van der Waals surface area contributed by atoms with Crippen molar-refractivity contribution in [1.29, 1.82) is 0 Å². The number of carbonyl (C=O) groups excluding carboxylic acids is 1. The van der Waals surface area contributed by atoms with Crippen LogP contribution in [0.1, 0.15) is 0 Å². The molecule has 2 aromatic heterocycles. The number of carbonyl (C=O) groups is 1. The van der Waals surface area contributed by atoms with Crippen LogP contribution in [0.4, 0.5) is 23.0 Å². The monoisotopic (exact) mass is 539 g/mol.